The van der Waals surface area contributed by atoms with Crippen molar-refractivity contribution < 1.29 is 9.53 Å². The Morgan fingerprint density at radius 2 is 1.94 bits per heavy atom. The number of rotatable bonds is 1. The Kier molecular flexibility index (Phi) is 3.03. The molecule has 0 bridgehead atoms. The van der Waals surface area contributed by atoms with E-state index in [4.69, 9.17) is 4.74 Å². The van der Waals surface area contributed by atoms with Crippen molar-refractivity contribution >= 4 is 17.0 Å². The van der Waals surface area contributed by atoms with Crippen LogP contribution in [0.25, 0.3) is 11.0 Å². The van der Waals surface area contributed by atoms with Gasteiger partial charge >= 0.3 is 5.97 Å². The Balaban J connectivity index is 2.36. The van der Waals surface area contributed by atoms with Gasteiger partial charge in [-0.3, -0.25) is 4.98 Å². The van der Waals surface area contributed by atoms with Crippen LogP contribution in [-0.4, -0.2) is 21.5 Å². The van der Waals surface area contributed by atoms with Gasteiger partial charge in [0.1, 0.15) is 5.60 Å². The van der Waals surface area contributed by atoms with E-state index in [0.29, 0.717) is 11.1 Å². The zero-order chi connectivity index (χ0) is 13.3. The fourth-order valence-electron chi connectivity index (χ4n) is 1.57. The van der Waals surface area contributed by atoms with Crippen LogP contribution in [0.3, 0.4) is 0 Å². The molecule has 0 fully saturated rings. The molecule has 0 atom stereocenters. The van der Waals surface area contributed by atoms with E-state index in [1.807, 2.05) is 27.7 Å². The molecule has 0 spiro atoms. The molecule has 2 aromatic rings. The summed E-state index contributed by atoms with van der Waals surface area (Å²) in [6, 6.07) is 5.20. The number of ether oxygens (including phenoxy) is 1. The molecule has 0 N–H and O–H groups in total. The lowest BCUT2D eigenvalue weighted by Gasteiger charge is -2.19. The topological polar surface area (TPSA) is 52.1 Å². The van der Waals surface area contributed by atoms with Gasteiger partial charge in [-0.15, -0.1) is 0 Å². The van der Waals surface area contributed by atoms with Crippen molar-refractivity contribution in [2.24, 2.45) is 0 Å². The molecular weight excluding hydrogens is 228 g/mol. The van der Waals surface area contributed by atoms with Crippen molar-refractivity contribution in [1.82, 2.24) is 9.97 Å². The molecule has 0 aliphatic rings. The number of nitrogens with zero attached hydrogens (tertiary/aromatic N) is 2. The van der Waals surface area contributed by atoms with Crippen LogP contribution in [0.4, 0.5) is 0 Å². The maximum absolute atomic E-state index is 11.9. The van der Waals surface area contributed by atoms with Crippen LogP contribution in [0.2, 0.25) is 0 Å². The second kappa shape index (κ2) is 4.37. The number of hydrogen-bond donors (Lipinski definition) is 0. The fourth-order valence-corrected chi connectivity index (χ4v) is 1.57. The molecule has 0 saturated heterocycles. The van der Waals surface area contributed by atoms with Gasteiger partial charge in [0.15, 0.2) is 0 Å². The van der Waals surface area contributed by atoms with Crippen LogP contribution in [0, 0.1) is 6.92 Å². The lowest BCUT2D eigenvalue weighted by atomic mass is 10.1. The number of esters is 1. The molecule has 0 amide bonds. The normalized spacial score (nSPS) is 11.6. The first-order valence-electron chi connectivity index (χ1n) is 5.82. The average Bonchev–Trinajstić information content (AvgIpc) is 2.26. The van der Waals surface area contributed by atoms with E-state index in [2.05, 4.69) is 9.97 Å². The largest absolute Gasteiger partial charge is 0.456 e. The third-order valence-electron chi connectivity index (χ3n) is 2.30. The molecule has 0 aliphatic heterocycles. The number of aryl methyl sites for hydroxylation is 1. The zero-order valence-electron chi connectivity index (χ0n) is 11.0. The minimum Gasteiger partial charge on any atom is -0.456 e. The maximum Gasteiger partial charge on any atom is 0.338 e. The van der Waals surface area contributed by atoms with Crippen molar-refractivity contribution in [2.45, 2.75) is 33.3 Å². The van der Waals surface area contributed by atoms with Gasteiger partial charge in [0.25, 0.3) is 0 Å². The SMILES string of the molecule is Cc1cnc2cc(C(=O)OC(C)(C)C)ccc2n1. The highest BCUT2D eigenvalue weighted by Crippen LogP contribution is 2.16. The van der Waals surface area contributed by atoms with Crippen molar-refractivity contribution in [1.29, 1.82) is 0 Å². The first-order chi connectivity index (χ1) is 8.35. The summed E-state index contributed by atoms with van der Waals surface area (Å²) in [5.41, 5.74) is 2.33. The van der Waals surface area contributed by atoms with Crippen molar-refractivity contribution in [3.8, 4) is 0 Å². The lowest BCUT2D eigenvalue weighted by Crippen LogP contribution is -2.23. The van der Waals surface area contributed by atoms with Crippen LogP contribution < -0.4 is 0 Å². The smallest absolute Gasteiger partial charge is 0.338 e. The number of carbonyl (C=O) groups excluding carboxylic acids is 1. The quantitative estimate of drug-likeness (QED) is 0.724. The number of fused-ring (bicyclic) bond motifs is 1. The number of benzene rings is 1. The molecule has 4 heteroatoms. The van der Waals surface area contributed by atoms with Crippen molar-refractivity contribution in [3.63, 3.8) is 0 Å². The van der Waals surface area contributed by atoms with Gasteiger partial charge in [-0.2, -0.15) is 0 Å². The van der Waals surface area contributed by atoms with Gasteiger partial charge in [-0.1, -0.05) is 0 Å². The van der Waals surface area contributed by atoms with E-state index in [-0.39, 0.29) is 5.97 Å². The van der Waals surface area contributed by atoms with Gasteiger partial charge < -0.3 is 4.74 Å². The minimum atomic E-state index is -0.495. The molecular formula is C14H16N2O2. The Bertz CT molecular complexity index is 600. The molecule has 2 rings (SSSR count). The van der Waals surface area contributed by atoms with Crippen LogP contribution >= 0.6 is 0 Å². The zero-order valence-corrected chi connectivity index (χ0v) is 11.0. The standard InChI is InChI=1S/C14H16N2O2/c1-9-8-15-12-7-10(5-6-11(12)16-9)13(17)18-14(2,3)4/h5-8H,1-4H3. The molecule has 4 nitrogen and oxygen atoms in total. The molecule has 1 aromatic carbocycles. The Labute approximate surface area is 106 Å². The Hall–Kier alpha value is -1.97. The molecule has 0 saturated carbocycles. The van der Waals surface area contributed by atoms with Crippen LogP contribution in [-0.2, 0) is 4.74 Å². The van der Waals surface area contributed by atoms with Crippen molar-refractivity contribution in [3.05, 3.63) is 35.7 Å². The summed E-state index contributed by atoms with van der Waals surface area (Å²) in [5, 5.41) is 0. The molecule has 0 unspecified atom stereocenters. The van der Waals surface area contributed by atoms with Gasteiger partial charge in [-0.25, -0.2) is 9.78 Å². The summed E-state index contributed by atoms with van der Waals surface area (Å²) < 4.78 is 5.31. The number of aromatic nitrogens is 2. The van der Waals surface area contributed by atoms with E-state index >= 15 is 0 Å². The van der Waals surface area contributed by atoms with Gasteiger partial charge in [0.05, 0.1) is 22.3 Å². The van der Waals surface area contributed by atoms with Gasteiger partial charge in [-0.05, 0) is 45.9 Å². The minimum absolute atomic E-state index is 0.341. The second-order valence-electron chi connectivity index (χ2n) is 5.22. The summed E-state index contributed by atoms with van der Waals surface area (Å²) in [6.07, 6.45) is 1.68. The Morgan fingerprint density at radius 3 is 2.61 bits per heavy atom. The summed E-state index contributed by atoms with van der Waals surface area (Å²) >= 11 is 0. The van der Waals surface area contributed by atoms with Crippen LogP contribution in [0.1, 0.15) is 36.8 Å². The van der Waals surface area contributed by atoms with Gasteiger partial charge in [0, 0.05) is 6.20 Å². The highest BCUT2D eigenvalue weighted by molar-refractivity contribution is 5.93. The van der Waals surface area contributed by atoms with Crippen molar-refractivity contribution in [2.75, 3.05) is 0 Å². The first kappa shape index (κ1) is 12.5. The predicted molar refractivity (Wildman–Crippen MR) is 69.4 cm³/mol. The second-order valence-corrected chi connectivity index (χ2v) is 5.22. The third kappa shape index (κ3) is 2.83. The highest BCUT2D eigenvalue weighted by atomic mass is 16.6. The van der Waals surface area contributed by atoms with E-state index in [1.165, 1.54) is 0 Å². The monoisotopic (exact) mass is 244 g/mol. The van der Waals surface area contributed by atoms with E-state index < -0.39 is 5.60 Å². The van der Waals surface area contributed by atoms with E-state index in [0.717, 1.165) is 11.2 Å². The lowest BCUT2D eigenvalue weighted by molar-refractivity contribution is 0.00697. The summed E-state index contributed by atoms with van der Waals surface area (Å²) in [6.45, 7) is 7.41. The van der Waals surface area contributed by atoms with Crippen LogP contribution in [0.5, 0.6) is 0 Å². The number of hydrogen-bond acceptors (Lipinski definition) is 4. The summed E-state index contributed by atoms with van der Waals surface area (Å²) in [7, 11) is 0. The predicted octanol–water partition coefficient (Wildman–Crippen LogP) is 2.89. The fraction of sp³-hybridized carbons (Fsp3) is 0.357. The third-order valence-corrected chi connectivity index (χ3v) is 2.30. The molecule has 94 valence electrons. The average molecular weight is 244 g/mol. The first-order valence-corrected chi connectivity index (χ1v) is 5.82. The highest BCUT2D eigenvalue weighted by Gasteiger charge is 2.18. The Morgan fingerprint density at radius 1 is 1.22 bits per heavy atom. The molecule has 18 heavy (non-hydrogen) atoms. The molecule has 1 aromatic heterocycles. The summed E-state index contributed by atoms with van der Waals surface area (Å²) in [4.78, 5) is 20.5. The number of carbonyl (C=O) groups is 1. The molecule has 0 aliphatic carbocycles. The van der Waals surface area contributed by atoms with E-state index in [1.54, 1.807) is 24.4 Å². The molecule has 1 heterocycles. The summed E-state index contributed by atoms with van der Waals surface area (Å²) in [5.74, 6) is -0.341. The van der Waals surface area contributed by atoms with Crippen LogP contribution in [0.15, 0.2) is 24.4 Å². The molecule has 0 radical (unpaired) electrons. The maximum atomic E-state index is 11.9. The van der Waals surface area contributed by atoms with E-state index in [9.17, 15) is 4.79 Å². The van der Waals surface area contributed by atoms with Gasteiger partial charge in [0.2, 0.25) is 0 Å².